The number of esters is 2. The second kappa shape index (κ2) is 15.4. The van der Waals surface area contributed by atoms with Crippen LogP contribution in [-0.2, 0) is 63.2 Å². The number of phosphoric acid groups is 1. The molecule has 0 spiro atoms. The van der Waals surface area contributed by atoms with E-state index in [9.17, 15) is 14.2 Å². The van der Waals surface area contributed by atoms with E-state index in [1.165, 1.54) is 0 Å². The maximum absolute atomic E-state index is 13.6. The second-order valence-corrected chi connectivity index (χ2v) is 11.4. The third kappa shape index (κ3) is 9.65. The Hall–Kier alpha value is -3.79. The molecular formula is C31H35N2O8P. The molecule has 0 aliphatic heterocycles. The minimum atomic E-state index is -4.35. The molecule has 0 N–H and O–H groups in total. The summed E-state index contributed by atoms with van der Waals surface area (Å²) < 4.78 is 41.9. The van der Waals surface area contributed by atoms with E-state index in [-0.39, 0.29) is 19.6 Å². The lowest BCUT2D eigenvalue weighted by Crippen LogP contribution is -2.15. The summed E-state index contributed by atoms with van der Waals surface area (Å²) in [5.74, 6) is -1.16. The van der Waals surface area contributed by atoms with Gasteiger partial charge in [0, 0.05) is 18.1 Å². The number of hydrogen-bond donors (Lipinski definition) is 0. The summed E-state index contributed by atoms with van der Waals surface area (Å²) in [6.45, 7) is -0.694. The highest BCUT2D eigenvalue weighted by atomic mass is 31.2. The summed E-state index contributed by atoms with van der Waals surface area (Å²) in [5.41, 5.74) is 3.49. The van der Waals surface area contributed by atoms with Gasteiger partial charge in [-0.2, -0.15) is 0 Å². The molecule has 0 fully saturated rings. The molecule has 0 saturated heterocycles. The Labute approximate surface area is 245 Å². The van der Waals surface area contributed by atoms with E-state index in [4.69, 9.17) is 23.0 Å². The summed E-state index contributed by atoms with van der Waals surface area (Å²) in [4.78, 5) is 26.6. The van der Waals surface area contributed by atoms with Crippen LogP contribution in [0.1, 0.15) is 16.7 Å². The second-order valence-electron chi connectivity index (χ2n) is 9.75. The van der Waals surface area contributed by atoms with Gasteiger partial charge in [0.2, 0.25) is 13.6 Å². The maximum atomic E-state index is 13.6. The molecule has 222 valence electrons. The third-order valence-electron chi connectivity index (χ3n) is 6.30. The average Bonchev–Trinajstić information content (AvgIpc) is 3.34. The number of likely N-dealkylation sites (N-methyl/N-ethyl adjacent to an activating group) is 1. The number of para-hydroxylation sites is 1. The number of fused-ring (bicyclic) bond motifs is 1. The standard InChI is InChI=1S/C31H35N2O8P/c1-32(2)18-17-27-21-33(29-16-10-9-15-28(27)29)22-39-42(36,40-23-37-30(34)19-25-11-5-3-6-12-25)41-24-38-31(35)20-26-13-7-4-8-14-26/h3-16,21H,17-20,22-24H2,1-2H3. The maximum Gasteiger partial charge on any atom is 0.482 e. The van der Waals surface area contributed by atoms with Gasteiger partial charge in [-0.1, -0.05) is 78.9 Å². The number of benzene rings is 3. The predicted octanol–water partition coefficient (Wildman–Crippen LogP) is 5.35. The summed E-state index contributed by atoms with van der Waals surface area (Å²) in [6, 6.07) is 25.9. The van der Waals surface area contributed by atoms with E-state index in [2.05, 4.69) is 4.90 Å². The number of carbonyl (C=O) groups excluding carboxylic acids is 2. The molecule has 1 heterocycles. The van der Waals surface area contributed by atoms with Gasteiger partial charge in [0.15, 0.2) is 0 Å². The molecule has 0 saturated carbocycles. The van der Waals surface area contributed by atoms with Crippen LogP contribution in [0.3, 0.4) is 0 Å². The van der Waals surface area contributed by atoms with E-state index in [1.807, 2.05) is 81.0 Å². The van der Waals surface area contributed by atoms with Gasteiger partial charge in [-0.15, -0.1) is 0 Å². The fraction of sp³-hybridized carbons (Fsp3) is 0.290. The van der Waals surface area contributed by atoms with Crippen LogP contribution in [0.4, 0.5) is 0 Å². The number of ether oxygens (including phenoxy) is 2. The van der Waals surface area contributed by atoms with Crippen molar-refractivity contribution < 1.29 is 37.2 Å². The van der Waals surface area contributed by atoms with Crippen molar-refractivity contribution in [3.05, 3.63) is 108 Å². The quantitative estimate of drug-likeness (QED) is 0.0965. The number of aromatic nitrogens is 1. The van der Waals surface area contributed by atoms with Crippen molar-refractivity contribution in [1.29, 1.82) is 0 Å². The molecule has 0 unspecified atom stereocenters. The Morgan fingerprint density at radius 1 is 0.738 bits per heavy atom. The Bertz CT molecular complexity index is 1430. The van der Waals surface area contributed by atoms with Gasteiger partial charge in [-0.05, 0) is 43.3 Å². The van der Waals surface area contributed by atoms with Crippen molar-refractivity contribution in [3.63, 3.8) is 0 Å². The van der Waals surface area contributed by atoms with Gasteiger partial charge >= 0.3 is 19.8 Å². The van der Waals surface area contributed by atoms with E-state index >= 15 is 0 Å². The van der Waals surface area contributed by atoms with Gasteiger partial charge in [0.1, 0.15) is 6.73 Å². The lowest BCUT2D eigenvalue weighted by molar-refractivity contribution is -0.153. The van der Waals surface area contributed by atoms with E-state index in [0.29, 0.717) is 0 Å². The fourth-order valence-electron chi connectivity index (χ4n) is 4.16. The van der Waals surface area contributed by atoms with E-state index in [1.54, 1.807) is 28.8 Å². The van der Waals surface area contributed by atoms with Gasteiger partial charge in [-0.3, -0.25) is 14.1 Å². The third-order valence-corrected chi connectivity index (χ3v) is 7.57. The molecule has 42 heavy (non-hydrogen) atoms. The molecule has 0 aliphatic carbocycles. The SMILES string of the molecule is CN(C)CCc1cn(COP(=O)(OCOC(=O)Cc2ccccc2)OCOC(=O)Cc2ccccc2)c2ccccc12. The molecule has 4 rings (SSSR count). The van der Waals surface area contributed by atoms with Crippen molar-refractivity contribution in [3.8, 4) is 0 Å². The summed E-state index contributed by atoms with van der Waals surface area (Å²) in [7, 11) is -0.332. The number of phosphoric ester groups is 1. The normalized spacial score (nSPS) is 11.6. The zero-order valence-electron chi connectivity index (χ0n) is 23.7. The van der Waals surface area contributed by atoms with Gasteiger partial charge in [0.25, 0.3) is 0 Å². The predicted molar refractivity (Wildman–Crippen MR) is 157 cm³/mol. The van der Waals surface area contributed by atoms with Crippen LogP contribution in [0.2, 0.25) is 0 Å². The first-order valence-corrected chi connectivity index (χ1v) is 14.9. The lowest BCUT2D eigenvalue weighted by atomic mass is 10.1. The van der Waals surface area contributed by atoms with Crippen molar-refractivity contribution >= 4 is 30.7 Å². The highest BCUT2D eigenvalue weighted by Crippen LogP contribution is 2.50. The monoisotopic (exact) mass is 594 g/mol. The Balaban J connectivity index is 1.40. The van der Waals surface area contributed by atoms with Crippen molar-refractivity contribution in [1.82, 2.24) is 9.47 Å². The number of nitrogens with zero attached hydrogens (tertiary/aromatic N) is 2. The summed E-state index contributed by atoms with van der Waals surface area (Å²) in [5, 5.41) is 1.05. The smallest absolute Gasteiger partial charge is 0.438 e. The van der Waals surface area contributed by atoms with Crippen molar-refractivity contribution in [2.45, 2.75) is 26.0 Å². The highest BCUT2D eigenvalue weighted by molar-refractivity contribution is 7.48. The zero-order valence-corrected chi connectivity index (χ0v) is 24.6. The number of carbonyl (C=O) groups is 2. The first-order chi connectivity index (χ1) is 20.3. The first-order valence-electron chi connectivity index (χ1n) is 13.5. The minimum Gasteiger partial charge on any atom is -0.438 e. The lowest BCUT2D eigenvalue weighted by Gasteiger charge is -2.18. The van der Waals surface area contributed by atoms with Crippen LogP contribution in [-0.4, -0.2) is 55.6 Å². The van der Waals surface area contributed by atoms with Gasteiger partial charge in [0.05, 0.1) is 18.4 Å². The fourth-order valence-corrected chi connectivity index (χ4v) is 5.01. The molecule has 0 radical (unpaired) electrons. The topological polar surface area (TPSA) is 106 Å². The van der Waals surface area contributed by atoms with Gasteiger partial charge < -0.3 is 18.9 Å². The van der Waals surface area contributed by atoms with Crippen LogP contribution in [0.25, 0.3) is 10.9 Å². The average molecular weight is 595 g/mol. The first kappa shape index (κ1) is 31.2. The van der Waals surface area contributed by atoms with Crippen LogP contribution >= 0.6 is 7.82 Å². The number of hydrogen-bond acceptors (Lipinski definition) is 9. The molecule has 0 bridgehead atoms. The van der Waals surface area contributed by atoms with Crippen LogP contribution < -0.4 is 0 Å². The van der Waals surface area contributed by atoms with E-state index in [0.717, 1.165) is 40.6 Å². The molecule has 0 aliphatic rings. The molecule has 4 aromatic rings. The molecular weight excluding hydrogens is 559 g/mol. The Morgan fingerprint density at radius 3 is 1.81 bits per heavy atom. The highest BCUT2D eigenvalue weighted by Gasteiger charge is 2.29. The summed E-state index contributed by atoms with van der Waals surface area (Å²) >= 11 is 0. The molecule has 0 amide bonds. The van der Waals surface area contributed by atoms with Crippen molar-refractivity contribution in [2.75, 3.05) is 34.2 Å². The molecule has 0 atom stereocenters. The molecule has 1 aromatic heterocycles. The largest absolute Gasteiger partial charge is 0.482 e. The summed E-state index contributed by atoms with van der Waals surface area (Å²) in [6.07, 6.45) is 2.76. The van der Waals surface area contributed by atoms with Crippen LogP contribution in [0.5, 0.6) is 0 Å². The molecule has 10 nitrogen and oxygen atoms in total. The minimum absolute atomic E-state index is 0.0123. The Morgan fingerprint density at radius 2 is 1.26 bits per heavy atom. The van der Waals surface area contributed by atoms with E-state index < -0.39 is 33.3 Å². The number of rotatable bonds is 16. The van der Waals surface area contributed by atoms with Crippen molar-refractivity contribution in [2.24, 2.45) is 0 Å². The molecule has 11 heteroatoms. The Kier molecular flexibility index (Phi) is 11.5. The zero-order chi connectivity index (χ0) is 29.8. The molecule has 3 aromatic carbocycles. The van der Waals surface area contributed by atoms with Crippen LogP contribution in [0.15, 0.2) is 91.1 Å². The van der Waals surface area contributed by atoms with Crippen LogP contribution in [0, 0.1) is 0 Å². The van der Waals surface area contributed by atoms with Gasteiger partial charge in [-0.25, -0.2) is 13.6 Å².